The van der Waals surface area contributed by atoms with Crippen LogP contribution >= 0.6 is 0 Å². The lowest BCUT2D eigenvalue weighted by molar-refractivity contribution is 0.0896. The summed E-state index contributed by atoms with van der Waals surface area (Å²) in [5, 5.41) is 6.79. The third kappa shape index (κ3) is 4.06. The number of aromatic nitrogens is 1. The predicted octanol–water partition coefficient (Wildman–Crippen LogP) is 1.89. The summed E-state index contributed by atoms with van der Waals surface area (Å²) >= 11 is 0. The molecule has 0 atom stereocenters. The molecule has 7 heteroatoms. The lowest BCUT2D eigenvalue weighted by atomic mass is 9.99. The summed E-state index contributed by atoms with van der Waals surface area (Å²) in [7, 11) is -2.92. The lowest BCUT2D eigenvalue weighted by Gasteiger charge is -2.22. The topological polar surface area (TPSA) is 89.3 Å². The Bertz CT molecular complexity index is 576. The molecule has 0 aromatic carbocycles. The van der Waals surface area contributed by atoms with Gasteiger partial charge in [0.05, 0.1) is 17.2 Å². The second-order valence-electron chi connectivity index (χ2n) is 5.53. The number of sulfone groups is 1. The number of hydrogen-bond donors (Lipinski definition) is 1. The van der Waals surface area contributed by atoms with Gasteiger partial charge in [0.2, 0.25) is 5.76 Å². The van der Waals surface area contributed by atoms with Crippen LogP contribution in [0.4, 0.5) is 0 Å². The molecule has 2 rings (SSSR count). The van der Waals surface area contributed by atoms with E-state index in [0.29, 0.717) is 18.8 Å². The molecule has 0 unspecified atom stereocenters. The highest BCUT2D eigenvalue weighted by Gasteiger charge is 2.26. The van der Waals surface area contributed by atoms with E-state index < -0.39 is 9.84 Å². The maximum absolute atomic E-state index is 12.1. The highest BCUT2D eigenvalue weighted by atomic mass is 32.2. The molecule has 0 spiro atoms. The second kappa shape index (κ2) is 6.60. The minimum absolute atomic E-state index is 0.109. The van der Waals surface area contributed by atoms with E-state index in [1.807, 2.05) is 0 Å². The van der Waals surface area contributed by atoms with Crippen LogP contribution in [0.1, 0.15) is 61.7 Å². The van der Waals surface area contributed by atoms with Gasteiger partial charge in [-0.15, -0.1) is 0 Å². The second-order valence-corrected chi connectivity index (χ2v) is 7.83. The molecule has 2 heterocycles. The molecule has 1 saturated heterocycles. The van der Waals surface area contributed by atoms with E-state index in [-0.39, 0.29) is 29.2 Å². The Labute approximate surface area is 125 Å². The van der Waals surface area contributed by atoms with Crippen LogP contribution in [-0.4, -0.2) is 37.0 Å². The summed E-state index contributed by atoms with van der Waals surface area (Å²) in [5.41, 5.74) is 0.802. The summed E-state index contributed by atoms with van der Waals surface area (Å²) in [6.07, 6.45) is 2.82. The van der Waals surface area contributed by atoms with E-state index in [1.165, 1.54) is 0 Å². The molecule has 21 heavy (non-hydrogen) atoms. The van der Waals surface area contributed by atoms with Crippen LogP contribution < -0.4 is 5.32 Å². The molecule has 1 aromatic rings. The Hall–Kier alpha value is -1.37. The molecule has 1 N–H and O–H groups in total. The molecule has 118 valence electrons. The summed E-state index contributed by atoms with van der Waals surface area (Å²) in [5.74, 6) is 0.449. The molecule has 0 bridgehead atoms. The van der Waals surface area contributed by atoms with Crippen molar-refractivity contribution < 1.29 is 17.7 Å². The van der Waals surface area contributed by atoms with Crippen molar-refractivity contribution in [3.8, 4) is 0 Å². The van der Waals surface area contributed by atoms with Gasteiger partial charge in [-0.2, -0.15) is 0 Å². The fourth-order valence-corrected chi connectivity index (χ4v) is 4.08. The molecular formula is C14H22N2O4S. The van der Waals surface area contributed by atoms with Crippen molar-refractivity contribution in [3.05, 3.63) is 17.5 Å². The highest BCUT2D eigenvalue weighted by molar-refractivity contribution is 7.91. The Morgan fingerprint density at radius 3 is 2.57 bits per heavy atom. The van der Waals surface area contributed by atoms with Gasteiger partial charge in [-0.3, -0.25) is 4.79 Å². The van der Waals surface area contributed by atoms with Crippen molar-refractivity contribution >= 4 is 15.7 Å². The molecule has 6 nitrogen and oxygen atoms in total. The third-order valence-corrected chi connectivity index (χ3v) is 5.76. The first kappa shape index (κ1) is 16.0. The van der Waals surface area contributed by atoms with Crippen molar-refractivity contribution in [2.45, 2.75) is 51.5 Å². The van der Waals surface area contributed by atoms with Gasteiger partial charge in [-0.25, -0.2) is 8.42 Å². The van der Waals surface area contributed by atoms with Crippen LogP contribution in [0.2, 0.25) is 0 Å². The summed E-state index contributed by atoms with van der Waals surface area (Å²) in [6.45, 7) is 4.15. The monoisotopic (exact) mass is 314 g/mol. The van der Waals surface area contributed by atoms with Gasteiger partial charge in [-0.1, -0.05) is 19.0 Å². The standard InChI is InChI=1S/C14H22N2O4S/c1-3-10(4-2)12-9-13(20-16-12)14(17)15-11-5-7-21(18,19)8-6-11/h9-11H,3-8H2,1-2H3,(H,15,17). The first-order chi connectivity index (χ1) is 9.95. The van der Waals surface area contributed by atoms with Crippen molar-refractivity contribution in [2.75, 3.05) is 11.5 Å². The molecular weight excluding hydrogens is 292 g/mol. The molecule has 1 aliphatic rings. The zero-order valence-corrected chi connectivity index (χ0v) is 13.3. The number of nitrogens with zero attached hydrogens (tertiary/aromatic N) is 1. The highest BCUT2D eigenvalue weighted by Crippen LogP contribution is 2.22. The Kier molecular flexibility index (Phi) is 5.03. The van der Waals surface area contributed by atoms with Crippen LogP contribution in [0.5, 0.6) is 0 Å². The van der Waals surface area contributed by atoms with E-state index in [1.54, 1.807) is 6.07 Å². The third-order valence-electron chi connectivity index (χ3n) is 4.05. The van der Waals surface area contributed by atoms with Crippen LogP contribution in [0.3, 0.4) is 0 Å². The number of rotatable bonds is 5. The Morgan fingerprint density at radius 1 is 1.38 bits per heavy atom. The van der Waals surface area contributed by atoms with E-state index in [2.05, 4.69) is 24.3 Å². The van der Waals surface area contributed by atoms with Gasteiger partial charge in [0.15, 0.2) is 0 Å². The van der Waals surface area contributed by atoms with Crippen molar-refractivity contribution in [1.82, 2.24) is 10.5 Å². The number of carbonyl (C=O) groups is 1. The molecule has 1 aromatic heterocycles. The number of amides is 1. The Morgan fingerprint density at radius 2 is 2.00 bits per heavy atom. The Balaban J connectivity index is 1.95. The van der Waals surface area contributed by atoms with Crippen LogP contribution in [0.25, 0.3) is 0 Å². The zero-order chi connectivity index (χ0) is 15.5. The van der Waals surface area contributed by atoms with Crippen molar-refractivity contribution in [1.29, 1.82) is 0 Å². The van der Waals surface area contributed by atoms with E-state index in [9.17, 15) is 13.2 Å². The normalized spacial score (nSPS) is 18.8. The van der Waals surface area contributed by atoms with Crippen molar-refractivity contribution in [3.63, 3.8) is 0 Å². The summed E-state index contributed by atoms with van der Waals surface area (Å²) < 4.78 is 27.8. The quantitative estimate of drug-likeness (QED) is 0.896. The average molecular weight is 314 g/mol. The minimum atomic E-state index is -2.92. The number of carbonyl (C=O) groups excluding carboxylic acids is 1. The largest absolute Gasteiger partial charge is 0.351 e. The van der Waals surface area contributed by atoms with Crippen LogP contribution in [0, 0.1) is 0 Å². The number of hydrogen-bond acceptors (Lipinski definition) is 5. The zero-order valence-electron chi connectivity index (χ0n) is 12.5. The van der Waals surface area contributed by atoms with E-state index in [4.69, 9.17) is 4.52 Å². The fraction of sp³-hybridized carbons (Fsp3) is 0.714. The number of nitrogens with one attached hydrogen (secondary N) is 1. The predicted molar refractivity (Wildman–Crippen MR) is 79.0 cm³/mol. The maximum Gasteiger partial charge on any atom is 0.290 e. The minimum Gasteiger partial charge on any atom is -0.351 e. The van der Waals surface area contributed by atoms with Gasteiger partial charge in [0.25, 0.3) is 5.91 Å². The van der Waals surface area contributed by atoms with Gasteiger partial charge in [-0.05, 0) is 25.7 Å². The smallest absolute Gasteiger partial charge is 0.290 e. The fourth-order valence-electron chi connectivity index (χ4n) is 2.59. The maximum atomic E-state index is 12.1. The van der Waals surface area contributed by atoms with Crippen LogP contribution in [-0.2, 0) is 9.84 Å². The van der Waals surface area contributed by atoms with Gasteiger partial charge in [0.1, 0.15) is 9.84 Å². The molecule has 0 saturated carbocycles. The van der Waals surface area contributed by atoms with E-state index >= 15 is 0 Å². The SMILES string of the molecule is CCC(CC)c1cc(C(=O)NC2CCS(=O)(=O)CC2)on1. The van der Waals surface area contributed by atoms with Gasteiger partial charge >= 0.3 is 0 Å². The first-order valence-electron chi connectivity index (χ1n) is 7.43. The van der Waals surface area contributed by atoms with E-state index in [0.717, 1.165) is 18.5 Å². The first-order valence-corrected chi connectivity index (χ1v) is 9.25. The van der Waals surface area contributed by atoms with Gasteiger partial charge < -0.3 is 9.84 Å². The molecule has 0 aliphatic carbocycles. The van der Waals surface area contributed by atoms with Gasteiger partial charge in [0, 0.05) is 18.0 Å². The summed E-state index contributed by atoms with van der Waals surface area (Å²) in [4.78, 5) is 12.1. The van der Waals surface area contributed by atoms with Crippen LogP contribution in [0.15, 0.2) is 10.6 Å². The summed E-state index contributed by atoms with van der Waals surface area (Å²) in [6, 6.07) is 1.58. The average Bonchev–Trinajstić information content (AvgIpc) is 2.92. The lowest BCUT2D eigenvalue weighted by Crippen LogP contribution is -2.40. The molecule has 1 fully saturated rings. The molecule has 1 amide bonds. The van der Waals surface area contributed by atoms with Crippen molar-refractivity contribution in [2.24, 2.45) is 0 Å². The molecule has 1 aliphatic heterocycles. The molecule has 0 radical (unpaired) electrons.